The largest absolute Gasteiger partial charge is 0.401 e. The van der Waals surface area contributed by atoms with E-state index in [1.165, 1.54) is 0 Å². The van der Waals surface area contributed by atoms with Gasteiger partial charge in [-0.25, -0.2) is 0 Å². The summed E-state index contributed by atoms with van der Waals surface area (Å²) in [5.74, 6) is 0.614. The molecule has 2 rings (SSSR count). The molecule has 0 saturated carbocycles. The van der Waals surface area contributed by atoms with Gasteiger partial charge in [0.1, 0.15) is 0 Å². The molecule has 1 atom stereocenters. The molecule has 0 fully saturated rings. The molecular weight excluding hydrogens is 283 g/mol. The number of aromatic nitrogens is 4. The maximum absolute atomic E-state index is 12.1. The fourth-order valence-corrected chi connectivity index (χ4v) is 1.95. The molecule has 1 aromatic heterocycles. The van der Waals surface area contributed by atoms with E-state index < -0.39 is 12.7 Å². The molecule has 0 saturated heterocycles. The van der Waals surface area contributed by atoms with Crippen molar-refractivity contribution in [3.8, 4) is 5.69 Å². The Hall–Kier alpha value is -1.96. The van der Waals surface area contributed by atoms with Crippen LogP contribution in [0.15, 0.2) is 30.3 Å². The SMILES string of the molecule is CC(CNCC(F)(F)F)Cc1nnnn1-c1ccccc1. The Morgan fingerprint density at radius 1 is 1.24 bits per heavy atom. The normalized spacial score (nSPS) is 13.3. The van der Waals surface area contributed by atoms with E-state index in [0.29, 0.717) is 12.2 Å². The van der Waals surface area contributed by atoms with E-state index in [1.54, 1.807) is 4.68 Å². The van der Waals surface area contributed by atoms with Crippen LogP contribution in [0.5, 0.6) is 0 Å². The third kappa shape index (κ3) is 4.82. The van der Waals surface area contributed by atoms with Gasteiger partial charge in [0, 0.05) is 6.42 Å². The lowest BCUT2D eigenvalue weighted by molar-refractivity contribution is -0.125. The van der Waals surface area contributed by atoms with Crippen molar-refractivity contribution in [2.75, 3.05) is 13.1 Å². The second kappa shape index (κ2) is 6.66. The fraction of sp³-hybridized carbons (Fsp3) is 0.462. The zero-order valence-corrected chi connectivity index (χ0v) is 11.5. The van der Waals surface area contributed by atoms with E-state index in [0.717, 1.165) is 5.69 Å². The van der Waals surface area contributed by atoms with Crippen LogP contribution in [0.1, 0.15) is 12.7 Å². The first-order valence-electron chi connectivity index (χ1n) is 6.56. The highest BCUT2D eigenvalue weighted by Gasteiger charge is 2.26. The standard InChI is InChI=1S/C13H16F3N5/c1-10(8-17-9-13(14,15)16)7-12-18-19-20-21(12)11-5-3-2-4-6-11/h2-6,10,17H,7-9H2,1H3. The number of benzene rings is 1. The number of rotatable bonds is 6. The highest BCUT2D eigenvalue weighted by Crippen LogP contribution is 2.13. The van der Waals surface area contributed by atoms with Crippen LogP contribution >= 0.6 is 0 Å². The summed E-state index contributed by atoms with van der Waals surface area (Å²) in [5.41, 5.74) is 0.827. The van der Waals surface area contributed by atoms with Gasteiger partial charge in [0.2, 0.25) is 0 Å². The fourth-order valence-electron chi connectivity index (χ4n) is 1.95. The van der Waals surface area contributed by atoms with Crippen molar-refractivity contribution >= 4 is 0 Å². The number of nitrogens with one attached hydrogen (secondary N) is 1. The zero-order valence-electron chi connectivity index (χ0n) is 11.5. The predicted molar refractivity (Wildman–Crippen MR) is 70.9 cm³/mol. The molecule has 0 aliphatic heterocycles. The van der Waals surface area contributed by atoms with Gasteiger partial charge in [-0.1, -0.05) is 25.1 Å². The molecule has 114 valence electrons. The van der Waals surface area contributed by atoms with Gasteiger partial charge in [-0.3, -0.25) is 0 Å². The van der Waals surface area contributed by atoms with Gasteiger partial charge < -0.3 is 5.32 Å². The monoisotopic (exact) mass is 299 g/mol. The summed E-state index contributed by atoms with van der Waals surface area (Å²) < 4.78 is 37.8. The summed E-state index contributed by atoms with van der Waals surface area (Å²) in [6.07, 6.45) is -3.70. The molecule has 1 aromatic carbocycles. The summed E-state index contributed by atoms with van der Waals surface area (Å²) in [4.78, 5) is 0. The van der Waals surface area contributed by atoms with Crippen LogP contribution < -0.4 is 5.32 Å². The van der Waals surface area contributed by atoms with Crippen LogP contribution in [0.3, 0.4) is 0 Å². The predicted octanol–water partition coefficient (Wildman–Crippen LogP) is 1.99. The van der Waals surface area contributed by atoms with Crippen molar-refractivity contribution in [1.82, 2.24) is 25.5 Å². The van der Waals surface area contributed by atoms with E-state index in [2.05, 4.69) is 20.8 Å². The van der Waals surface area contributed by atoms with Crippen molar-refractivity contribution in [3.05, 3.63) is 36.2 Å². The number of hydrogen-bond acceptors (Lipinski definition) is 4. The van der Waals surface area contributed by atoms with Gasteiger partial charge >= 0.3 is 6.18 Å². The van der Waals surface area contributed by atoms with E-state index >= 15 is 0 Å². The number of alkyl halides is 3. The first-order chi connectivity index (χ1) is 9.96. The molecule has 1 heterocycles. The third-order valence-corrected chi connectivity index (χ3v) is 2.88. The maximum Gasteiger partial charge on any atom is 0.401 e. The van der Waals surface area contributed by atoms with Gasteiger partial charge in [0.25, 0.3) is 0 Å². The molecule has 0 aliphatic rings. The number of nitrogens with zero attached hydrogens (tertiary/aromatic N) is 4. The van der Waals surface area contributed by atoms with E-state index in [1.807, 2.05) is 37.3 Å². The first kappa shape index (κ1) is 15.4. The molecule has 0 aliphatic carbocycles. The summed E-state index contributed by atoms with van der Waals surface area (Å²) in [7, 11) is 0. The third-order valence-electron chi connectivity index (χ3n) is 2.88. The molecule has 1 unspecified atom stereocenters. The minimum absolute atomic E-state index is 0.0131. The Labute approximate surface area is 120 Å². The first-order valence-corrected chi connectivity index (χ1v) is 6.56. The van der Waals surface area contributed by atoms with Crippen molar-refractivity contribution in [1.29, 1.82) is 0 Å². The molecule has 2 aromatic rings. The van der Waals surface area contributed by atoms with Crippen LogP contribution in [-0.4, -0.2) is 39.5 Å². The van der Waals surface area contributed by atoms with Gasteiger partial charge in [-0.05, 0) is 35.0 Å². The molecule has 0 amide bonds. The van der Waals surface area contributed by atoms with E-state index in [-0.39, 0.29) is 12.5 Å². The van der Waals surface area contributed by atoms with Crippen LogP contribution in [-0.2, 0) is 6.42 Å². The van der Waals surface area contributed by atoms with E-state index in [4.69, 9.17) is 0 Å². The Morgan fingerprint density at radius 3 is 2.62 bits per heavy atom. The summed E-state index contributed by atoms with van der Waals surface area (Å²) in [6, 6.07) is 9.36. The molecular formula is C13H16F3N5. The minimum atomic E-state index is -4.19. The molecule has 0 radical (unpaired) electrons. The molecule has 8 heteroatoms. The number of para-hydroxylation sites is 1. The Kier molecular flexibility index (Phi) is 4.89. The lowest BCUT2D eigenvalue weighted by atomic mass is 10.1. The summed E-state index contributed by atoms with van der Waals surface area (Å²) in [5, 5.41) is 13.9. The second-order valence-electron chi connectivity index (χ2n) is 4.90. The Morgan fingerprint density at radius 2 is 1.95 bits per heavy atom. The highest BCUT2D eigenvalue weighted by molar-refractivity contribution is 5.30. The van der Waals surface area contributed by atoms with Crippen LogP contribution in [0, 0.1) is 5.92 Å². The highest BCUT2D eigenvalue weighted by atomic mass is 19.4. The molecule has 1 N–H and O–H groups in total. The smallest absolute Gasteiger partial charge is 0.308 e. The minimum Gasteiger partial charge on any atom is -0.308 e. The number of hydrogen-bond donors (Lipinski definition) is 1. The zero-order chi connectivity index (χ0) is 15.3. The maximum atomic E-state index is 12.1. The molecule has 5 nitrogen and oxygen atoms in total. The van der Waals surface area contributed by atoms with Gasteiger partial charge in [-0.2, -0.15) is 17.9 Å². The number of tetrazole rings is 1. The van der Waals surface area contributed by atoms with Crippen molar-refractivity contribution in [2.24, 2.45) is 5.92 Å². The van der Waals surface area contributed by atoms with Crippen LogP contribution in [0.25, 0.3) is 5.69 Å². The summed E-state index contributed by atoms with van der Waals surface area (Å²) >= 11 is 0. The molecule has 21 heavy (non-hydrogen) atoms. The van der Waals surface area contributed by atoms with Crippen LogP contribution in [0.2, 0.25) is 0 Å². The van der Waals surface area contributed by atoms with Gasteiger partial charge in [0.15, 0.2) is 5.82 Å². The quantitative estimate of drug-likeness (QED) is 0.886. The second-order valence-corrected chi connectivity index (χ2v) is 4.90. The average Bonchev–Trinajstić information content (AvgIpc) is 2.86. The molecule has 0 bridgehead atoms. The van der Waals surface area contributed by atoms with Crippen molar-refractivity contribution < 1.29 is 13.2 Å². The topological polar surface area (TPSA) is 55.6 Å². The lowest BCUT2D eigenvalue weighted by Crippen LogP contribution is -2.32. The summed E-state index contributed by atoms with van der Waals surface area (Å²) in [6.45, 7) is 1.12. The lowest BCUT2D eigenvalue weighted by Gasteiger charge is -2.13. The van der Waals surface area contributed by atoms with E-state index in [9.17, 15) is 13.2 Å². The number of halogens is 3. The Balaban J connectivity index is 1.93. The van der Waals surface area contributed by atoms with Crippen molar-refractivity contribution in [2.45, 2.75) is 19.5 Å². The van der Waals surface area contributed by atoms with Crippen LogP contribution in [0.4, 0.5) is 13.2 Å². The average molecular weight is 299 g/mol. The van der Waals surface area contributed by atoms with Gasteiger partial charge in [-0.15, -0.1) is 5.10 Å². The van der Waals surface area contributed by atoms with Gasteiger partial charge in [0.05, 0.1) is 12.2 Å². The Bertz CT molecular complexity index is 552. The molecule has 0 spiro atoms. The van der Waals surface area contributed by atoms with Crippen molar-refractivity contribution in [3.63, 3.8) is 0 Å².